The Morgan fingerprint density at radius 1 is 1.46 bits per heavy atom. The van der Waals surface area contributed by atoms with Gasteiger partial charge in [-0.05, 0) is 30.7 Å². The van der Waals surface area contributed by atoms with E-state index in [4.69, 9.17) is 5.73 Å². The lowest BCUT2D eigenvalue weighted by atomic mass is 10.2. The average molecular weight is 240 g/mol. The number of nitrogens with two attached hydrogens (primary N) is 1. The van der Waals surface area contributed by atoms with Crippen LogP contribution in [0.2, 0.25) is 0 Å². The number of aliphatic imine (C=N–C) groups is 2. The van der Waals surface area contributed by atoms with Crippen molar-refractivity contribution >= 4 is 34.3 Å². The van der Waals surface area contributed by atoms with Gasteiger partial charge in [0.1, 0.15) is 6.34 Å². The zero-order chi connectivity index (χ0) is 9.68. The summed E-state index contributed by atoms with van der Waals surface area (Å²) in [5.41, 5.74) is 7.06. The lowest BCUT2D eigenvalue weighted by Crippen LogP contribution is -1.87. The summed E-state index contributed by atoms with van der Waals surface area (Å²) in [6, 6.07) is 5.85. The summed E-state index contributed by atoms with van der Waals surface area (Å²) in [6.45, 7) is 1.99. The molecule has 1 aromatic carbocycles. The van der Waals surface area contributed by atoms with E-state index in [0.29, 0.717) is 0 Å². The molecular formula is C9H10BrN3. The first-order chi connectivity index (χ1) is 6.24. The van der Waals surface area contributed by atoms with E-state index in [1.807, 2.05) is 25.1 Å². The molecule has 0 fully saturated rings. The molecule has 0 unspecified atom stereocenters. The highest BCUT2D eigenvalue weighted by atomic mass is 79.9. The molecule has 3 nitrogen and oxygen atoms in total. The monoisotopic (exact) mass is 239 g/mol. The van der Waals surface area contributed by atoms with Gasteiger partial charge >= 0.3 is 0 Å². The molecule has 0 bridgehead atoms. The molecule has 0 amide bonds. The van der Waals surface area contributed by atoms with Crippen LogP contribution in [0.1, 0.15) is 5.56 Å². The van der Waals surface area contributed by atoms with Gasteiger partial charge in [0.2, 0.25) is 0 Å². The minimum atomic E-state index is 0.897. The van der Waals surface area contributed by atoms with Crippen molar-refractivity contribution in [1.29, 1.82) is 0 Å². The summed E-state index contributed by atoms with van der Waals surface area (Å²) in [7, 11) is 0. The number of nitrogens with zero attached hydrogens (tertiary/aromatic N) is 2. The van der Waals surface area contributed by atoms with Crippen molar-refractivity contribution < 1.29 is 0 Å². The third-order valence-corrected chi connectivity index (χ3v) is 2.00. The van der Waals surface area contributed by atoms with Crippen LogP contribution in [0, 0.1) is 6.92 Å². The summed E-state index contributed by atoms with van der Waals surface area (Å²) in [5, 5.41) is 0. The summed E-state index contributed by atoms with van der Waals surface area (Å²) >= 11 is 3.38. The standard InChI is InChI=1S/C9H10BrN3/c1-7-4-8(10)2-3-9(7)13-6-12-5-11/h2-6H,1H3,(H2,11,12,13). The Bertz CT molecular complexity index is 345. The lowest BCUT2D eigenvalue weighted by Gasteiger charge is -1.98. The van der Waals surface area contributed by atoms with Crippen molar-refractivity contribution in [3.63, 3.8) is 0 Å². The summed E-state index contributed by atoms with van der Waals surface area (Å²) in [5.74, 6) is 0. The molecule has 0 aliphatic carbocycles. The molecule has 0 aliphatic rings. The van der Waals surface area contributed by atoms with Gasteiger partial charge in [0, 0.05) is 4.47 Å². The van der Waals surface area contributed by atoms with E-state index in [9.17, 15) is 0 Å². The third kappa shape index (κ3) is 2.99. The molecule has 0 heterocycles. The molecule has 68 valence electrons. The molecule has 0 saturated heterocycles. The number of halogens is 1. The fourth-order valence-electron chi connectivity index (χ4n) is 0.898. The van der Waals surface area contributed by atoms with Gasteiger partial charge in [0.05, 0.1) is 12.0 Å². The molecule has 1 rings (SSSR count). The quantitative estimate of drug-likeness (QED) is 0.626. The molecule has 0 saturated carbocycles. The second-order valence-corrected chi connectivity index (χ2v) is 3.39. The second kappa shape index (κ2) is 4.77. The first-order valence-electron chi connectivity index (χ1n) is 3.76. The van der Waals surface area contributed by atoms with Crippen LogP contribution in [0.5, 0.6) is 0 Å². The maximum absolute atomic E-state index is 5.06. The van der Waals surface area contributed by atoms with Crippen molar-refractivity contribution in [1.82, 2.24) is 0 Å². The van der Waals surface area contributed by atoms with Gasteiger partial charge in [0.15, 0.2) is 0 Å². The first-order valence-corrected chi connectivity index (χ1v) is 4.55. The zero-order valence-corrected chi connectivity index (χ0v) is 8.82. The van der Waals surface area contributed by atoms with Crippen LogP contribution < -0.4 is 5.73 Å². The maximum atomic E-state index is 5.06. The Kier molecular flexibility index (Phi) is 3.64. The summed E-state index contributed by atoms with van der Waals surface area (Å²) in [4.78, 5) is 7.79. The second-order valence-electron chi connectivity index (χ2n) is 2.47. The topological polar surface area (TPSA) is 50.7 Å². The molecule has 2 N–H and O–H groups in total. The van der Waals surface area contributed by atoms with E-state index in [1.54, 1.807) is 0 Å². The van der Waals surface area contributed by atoms with Gasteiger partial charge in [-0.3, -0.25) is 0 Å². The van der Waals surface area contributed by atoms with E-state index in [1.165, 1.54) is 12.7 Å². The molecule has 0 aliphatic heterocycles. The fourth-order valence-corrected chi connectivity index (χ4v) is 1.37. The highest BCUT2D eigenvalue weighted by Crippen LogP contribution is 2.21. The van der Waals surface area contributed by atoms with Crippen LogP contribution in [-0.2, 0) is 0 Å². The van der Waals surface area contributed by atoms with Crippen LogP contribution in [0.25, 0.3) is 0 Å². The predicted molar refractivity (Wildman–Crippen MR) is 59.7 cm³/mol. The van der Waals surface area contributed by atoms with Gasteiger partial charge in [-0.15, -0.1) is 0 Å². The number of benzene rings is 1. The zero-order valence-electron chi connectivity index (χ0n) is 7.24. The highest BCUT2D eigenvalue weighted by Gasteiger charge is 1.94. The van der Waals surface area contributed by atoms with E-state index in [2.05, 4.69) is 25.9 Å². The number of hydrogen-bond acceptors (Lipinski definition) is 1. The van der Waals surface area contributed by atoms with Gasteiger partial charge in [-0.2, -0.15) is 0 Å². The Morgan fingerprint density at radius 2 is 2.23 bits per heavy atom. The average Bonchev–Trinajstić information content (AvgIpc) is 2.09. The number of aryl methyl sites for hydroxylation is 1. The van der Waals surface area contributed by atoms with Crippen LogP contribution in [0.15, 0.2) is 32.7 Å². The molecule has 0 atom stereocenters. The summed E-state index contributed by atoms with van der Waals surface area (Å²) in [6.07, 6.45) is 2.63. The largest absolute Gasteiger partial charge is 0.390 e. The Labute approximate surface area is 85.5 Å². The van der Waals surface area contributed by atoms with Crippen LogP contribution in [0.4, 0.5) is 5.69 Å². The SMILES string of the molecule is Cc1cc(Br)ccc1N=CN=CN. The van der Waals surface area contributed by atoms with Gasteiger partial charge in [-0.1, -0.05) is 15.9 Å². The lowest BCUT2D eigenvalue weighted by molar-refractivity contribution is 1.38. The van der Waals surface area contributed by atoms with Gasteiger partial charge in [0.25, 0.3) is 0 Å². The van der Waals surface area contributed by atoms with E-state index < -0.39 is 0 Å². The normalized spacial score (nSPS) is 11.5. The molecule has 0 spiro atoms. The molecule has 4 heteroatoms. The van der Waals surface area contributed by atoms with Crippen LogP contribution in [0.3, 0.4) is 0 Å². The van der Waals surface area contributed by atoms with Crippen molar-refractivity contribution in [2.75, 3.05) is 0 Å². The molecular weight excluding hydrogens is 230 g/mol. The van der Waals surface area contributed by atoms with Gasteiger partial charge in [-0.25, -0.2) is 9.98 Å². The number of rotatable bonds is 2. The fraction of sp³-hybridized carbons (Fsp3) is 0.111. The van der Waals surface area contributed by atoms with E-state index in [0.717, 1.165) is 15.7 Å². The van der Waals surface area contributed by atoms with E-state index in [-0.39, 0.29) is 0 Å². The smallest absolute Gasteiger partial charge is 0.117 e. The highest BCUT2D eigenvalue weighted by molar-refractivity contribution is 9.10. The molecule has 0 radical (unpaired) electrons. The third-order valence-electron chi connectivity index (χ3n) is 1.51. The molecule has 0 aromatic heterocycles. The summed E-state index contributed by atoms with van der Waals surface area (Å²) < 4.78 is 1.05. The first kappa shape index (κ1) is 9.92. The van der Waals surface area contributed by atoms with E-state index >= 15 is 0 Å². The predicted octanol–water partition coefficient (Wildman–Crippen LogP) is 2.40. The van der Waals surface area contributed by atoms with Crippen molar-refractivity contribution in [2.45, 2.75) is 6.92 Å². The minimum Gasteiger partial charge on any atom is -0.390 e. The van der Waals surface area contributed by atoms with Crippen molar-refractivity contribution in [3.05, 3.63) is 28.2 Å². The minimum absolute atomic E-state index is 0.897. The Balaban J connectivity index is 2.89. The molecule has 13 heavy (non-hydrogen) atoms. The maximum Gasteiger partial charge on any atom is 0.117 e. The van der Waals surface area contributed by atoms with Crippen molar-refractivity contribution in [3.8, 4) is 0 Å². The Hall–Kier alpha value is -1.16. The number of hydrogen-bond donors (Lipinski definition) is 1. The van der Waals surface area contributed by atoms with Crippen LogP contribution >= 0.6 is 15.9 Å². The molecule has 1 aromatic rings. The van der Waals surface area contributed by atoms with Gasteiger partial charge < -0.3 is 5.73 Å². The van der Waals surface area contributed by atoms with Crippen molar-refractivity contribution in [2.24, 2.45) is 15.7 Å². The Morgan fingerprint density at radius 3 is 2.85 bits per heavy atom. The van der Waals surface area contributed by atoms with Crippen LogP contribution in [-0.4, -0.2) is 12.7 Å².